The fourth-order valence-electron chi connectivity index (χ4n) is 4.21. The van der Waals surface area contributed by atoms with E-state index in [9.17, 15) is 9.59 Å². The van der Waals surface area contributed by atoms with Crippen molar-refractivity contribution in [3.05, 3.63) is 95.6 Å². The Morgan fingerprint density at radius 2 is 1.69 bits per heavy atom. The molecule has 0 unspecified atom stereocenters. The number of hydrogen-bond acceptors (Lipinski definition) is 5. The van der Waals surface area contributed by atoms with Crippen LogP contribution in [0.15, 0.2) is 78.9 Å². The number of hydrogen-bond donors (Lipinski definition) is 2. The van der Waals surface area contributed by atoms with Crippen LogP contribution in [0, 0.1) is 0 Å². The van der Waals surface area contributed by atoms with Gasteiger partial charge in [0.1, 0.15) is 12.4 Å². The minimum atomic E-state index is -0.261. The number of nitrogens with zero attached hydrogens (tertiary/aromatic N) is 1. The number of amides is 2. The average Bonchev–Trinajstić information content (AvgIpc) is 2.93. The maximum atomic E-state index is 12.9. The van der Waals surface area contributed by atoms with Crippen LogP contribution in [0.5, 0.6) is 5.75 Å². The summed E-state index contributed by atoms with van der Waals surface area (Å²) in [6, 6.07) is 24.2. The Kier molecular flexibility index (Phi) is 9.08. The molecule has 3 aromatic carbocycles. The molecule has 4 rings (SSSR count). The van der Waals surface area contributed by atoms with Crippen LogP contribution in [0.25, 0.3) is 0 Å². The van der Waals surface area contributed by atoms with E-state index in [0.717, 1.165) is 43.9 Å². The van der Waals surface area contributed by atoms with Crippen LogP contribution in [0.1, 0.15) is 39.1 Å². The Bertz CT molecular complexity index is 1150. The summed E-state index contributed by atoms with van der Waals surface area (Å²) >= 11 is 0. The van der Waals surface area contributed by atoms with E-state index in [-0.39, 0.29) is 11.8 Å². The van der Waals surface area contributed by atoms with Crippen LogP contribution in [-0.2, 0) is 11.3 Å². The molecule has 0 bridgehead atoms. The van der Waals surface area contributed by atoms with E-state index in [1.807, 2.05) is 30.3 Å². The molecule has 1 aliphatic heterocycles. The Labute approximate surface area is 212 Å². The largest absolute Gasteiger partial charge is 0.492 e. The predicted octanol–water partition coefficient (Wildman–Crippen LogP) is 4.36. The second-order valence-corrected chi connectivity index (χ2v) is 8.87. The first-order valence-corrected chi connectivity index (χ1v) is 12.3. The quantitative estimate of drug-likeness (QED) is 0.444. The number of rotatable bonds is 10. The van der Waals surface area contributed by atoms with Gasteiger partial charge in [0, 0.05) is 37.9 Å². The monoisotopic (exact) mass is 487 g/mol. The first-order chi connectivity index (χ1) is 17.6. The van der Waals surface area contributed by atoms with Gasteiger partial charge < -0.3 is 20.1 Å². The van der Waals surface area contributed by atoms with Gasteiger partial charge in [-0.25, -0.2) is 0 Å². The van der Waals surface area contributed by atoms with Gasteiger partial charge in [-0.2, -0.15) is 0 Å². The lowest BCUT2D eigenvalue weighted by molar-refractivity contribution is 0.0392. The van der Waals surface area contributed by atoms with E-state index in [1.54, 1.807) is 48.5 Å². The van der Waals surface area contributed by atoms with Gasteiger partial charge in [0.2, 0.25) is 0 Å². The van der Waals surface area contributed by atoms with Gasteiger partial charge >= 0.3 is 0 Å². The summed E-state index contributed by atoms with van der Waals surface area (Å²) in [7, 11) is 2.13. The van der Waals surface area contributed by atoms with E-state index in [0.29, 0.717) is 36.0 Å². The molecule has 7 nitrogen and oxygen atoms in total. The predicted molar refractivity (Wildman–Crippen MR) is 140 cm³/mol. The van der Waals surface area contributed by atoms with Crippen LogP contribution < -0.4 is 15.4 Å². The Hall–Kier alpha value is -3.68. The minimum Gasteiger partial charge on any atom is -0.492 e. The third-order valence-corrected chi connectivity index (χ3v) is 6.33. The summed E-state index contributed by atoms with van der Waals surface area (Å²) < 4.78 is 11.4. The number of benzene rings is 3. The van der Waals surface area contributed by atoms with Crippen molar-refractivity contribution in [1.82, 2.24) is 10.2 Å². The van der Waals surface area contributed by atoms with Crippen LogP contribution in [0.4, 0.5) is 5.69 Å². The number of para-hydroxylation sites is 1. The maximum absolute atomic E-state index is 12.9. The highest BCUT2D eigenvalue weighted by Crippen LogP contribution is 2.18. The Balaban J connectivity index is 1.29. The summed E-state index contributed by atoms with van der Waals surface area (Å²) in [6.07, 6.45) is 2.12. The van der Waals surface area contributed by atoms with Gasteiger partial charge in [-0.05, 0) is 61.9 Å². The van der Waals surface area contributed by atoms with E-state index in [1.165, 1.54) is 0 Å². The number of carbonyl (C=O) groups excluding carboxylic acids is 2. The summed E-state index contributed by atoms with van der Waals surface area (Å²) in [5, 5.41) is 5.79. The van der Waals surface area contributed by atoms with Crippen LogP contribution in [-0.4, -0.2) is 56.2 Å². The molecule has 0 spiro atoms. The molecule has 188 valence electrons. The zero-order valence-electron chi connectivity index (χ0n) is 20.6. The van der Waals surface area contributed by atoms with E-state index >= 15 is 0 Å². The van der Waals surface area contributed by atoms with Gasteiger partial charge in [-0.1, -0.05) is 42.5 Å². The number of carbonyl (C=O) groups is 2. The third kappa shape index (κ3) is 7.16. The fourth-order valence-corrected chi connectivity index (χ4v) is 4.21. The van der Waals surface area contributed by atoms with Crippen molar-refractivity contribution in [3.63, 3.8) is 0 Å². The standard InChI is InChI=1S/C29H33N3O4/c1-32(24-14-17-35-18-15-24)16-19-36-25-11-7-8-22(20-25)21-30-29(34)26-12-5-6-13-27(26)31-28(33)23-9-3-2-4-10-23/h2-13,20,24H,14-19,21H2,1H3,(H,30,34)(H,31,33). The Morgan fingerprint density at radius 1 is 0.944 bits per heavy atom. The zero-order chi connectivity index (χ0) is 25.2. The van der Waals surface area contributed by atoms with Gasteiger partial charge in [0.05, 0.1) is 11.3 Å². The van der Waals surface area contributed by atoms with Gasteiger partial charge in [0.25, 0.3) is 11.8 Å². The average molecular weight is 488 g/mol. The topological polar surface area (TPSA) is 79.9 Å². The minimum absolute atomic E-state index is 0.261. The molecule has 1 aliphatic rings. The number of nitrogens with one attached hydrogen (secondary N) is 2. The lowest BCUT2D eigenvalue weighted by Gasteiger charge is -2.31. The molecule has 0 radical (unpaired) electrons. The lowest BCUT2D eigenvalue weighted by atomic mass is 10.1. The van der Waals surface area contributed by atoms with Crippen molar-refractivity contribution in [1.29, 1.82) is 0 Å². The Morgan fingerprint density at radius 3 is 2.50 bits per heavy atom. The molecule has 1 saturated heterocycles. The smallest absolute Gasteiger partial charge is 0.255 e. The molecule has 2 amide bonds. The number of likely N-dealkylation sites (N-methyl/N-ethyl adjacent to an activating group) is 1. The van der Waals surface area contributed by atoms with Crippen molar-refractivity contribution < 1.29 is 19.1 Å². The molecular formula is C29H33N3O4. The van der Waals surface area contributed by atoms with Gasteiger partial charge in [0.15, 0.2) is 0 Å². The summed E-state index contributed by atoms with van der Waals surface area (Å²) in [5.74, 6) is 0.254. The van der Waals surface area contributed by atoms with Crippen molar-refractivity contribution in [2.45, 2.75) is 25.4 Å². The molecular weight excluding hydrogens is 454 g/mol. The molecule has 0 saturated carbocycles. The highest BCUT2D eigenvalue weighted by molar-refractivity contribution is 6.08. The van der Waals surface area contributed by atoms with Crippen LogP contribution in [0.2, 0.25) is 0 Å². The van der Waals surface area contributed by atoms with Crippen LogP contribution in [0.3, 0.4) is 0 Å². The van der Waals surface area contributed by atoms with Gasteiger partial charge in [-0.15, -0.1) is 0 Å². The maximum Gasteiger partial charge on any atom is 0.255 e. The summed E-state index contributed by atoms with van der Waals surface area (Å²) in [5.41, 5.74) is 2.34. The lowest BCUT2D eigenvalue weighted by Crippen LogP contribution is -2.38. The second kappa shape index (κ2) is 12.9. The van der Waals surface area contributed by atoms with Crippen molar-refractivity contribution >= 4 is 17.5 Å². The molecule has 0 aromatic heterocycles. The normalized spacial score (nSPS) is 13.8. The molecule has 0 atom stereocenters. The van der Waals surface area contributed by atoms with E-state index < -0.39 is 0 Å². The van der Waals surface area contributed by atoms with Crippen molar-refractivity contribution in [2.24, 2.45) is 0 Å². The molecule has 1 heterocycles. The number of ether oxygens (including phenoxy) is 2. The van der Waals surface area contributed by atoms with Gasteiger partial charge in [-0.3, -0.25) is 14.5 Å². The van der Waals surface area contributed by atoms with Crippen molar-refractivity contribution in [3.8, 4) is 5.75 Å². The molecule has 36 heavy (non-hydrogen) atoms. The van der Waals surface area contributed by atoms with E-state index in [4.69, 9.17) is 9.47 Å². The zero-order valence-corrected chi connectivity index (χ0v) is 20.6. The molecule has 3 aromatic rings. The van der Waals surface area contributed by atoms with Crippen LogP contribution >= 0.6 is 0 Å². The molecule has 0 aliphatic carbocycles. The second-order valence-electron chi connectivity index (χ2n) is 8.87. The molecule has 7 heteroatoms. The van der Waals surface area contributed by atoms with Crippen molar-refractivity contribution in [2.75, 3.05) is 38.7 Å². The first kappa shape index (κ1) is 25.4. The van der Waals surface area contributed by atoms with E-state index in [2.05, 4.69) is 22.6 Å². The highest BCUT2D eigenvalue weighted by Gasteiger charge is 2.18. The fraction of sp³-hybridized carbons (Fsp3) is 0.310. The number of anilines is 1. The molecule has 1 fully saturated rings. The summed E-state index contributed by atoms with van der Waals surface area (Å²) in [4.78, 5) is 27.8. The molecule has 2 N–H and O–H groups in total. The SMILES string of the molecule is CN(CCOc1cccc(CNC(=O)c2ccccc2NC(=O)c2ccccc2)c1)C1CCOCC1. The summed E-state index contributed by atoms with van der Waals surface area (Å²) in [6.45, 7) is 3.44. The third-order valence-electron chi connectivity index (χ3n) is 6.33. The highest BCUT2D eigenvalue weighted by atomic mass is 16.5. The first-order valence-electron chi connectivity index (χ1n) is 12.3.